The third-order valence-corrected chi connectivity index (χ3v) is 3.36. The smallest absolute Gasteiger partial charge is 0.175 e. The molecule has 0 amide bonds. The van der Waals surface area contributed by atoms with Gasteiger partial charge in [-0.25, -0.2) is 0 Å². The van der Waals surface area contributed by atoms with E-state index in [4.69, 9.17) is 0 Å². The molecule has 0 bridgehead atoms. The van der Waals surface area contributed by atoms with Gasteiger partial charge in [-0.1, -0.05) is 6.58 Å². The van der Waals surface area contributed by atoms with Gasteiger partial charge in [0.1, 0.15) is 0 Å². The van der Waals surface area contributed by atoms with E-state index in [9.17, 15) is 9.90 Å². The molecule has 3 heteroatoms. The van der Waals surface area contributed by atoms with Gasteiger partial charge in [0.15, 0.2) is 5.78 Å². The van der Waals surface area contributed by atoms with Crippen LogP contribution in [0.2, 0.25) is 0 Å². The molecule has 92 valence electrons. The Balaban J connectivity index is 3.11. The summed E-state index contributed by atoms with van der Waals surface area (Å²) in [5, 5.41) is 9.88. The number of Topliss-reactive ketones (excluding diaryl/α,β-unsaturated/α-hetero) is 1. The number of likely N-dealkylation sites (tertiary alicyclic amines) is 1. The monoisotopic (exact) mass is 225 g/mol. The first-order valence-corrected chi connectivity index (χ1v) is 5.76. The Morgan fingerprint density at radius 2 is 1.62 bits per heavy atom. The zero-order valence-electron chi connectivity index (χ0n) is 11.0. The van der Waals surface area contributed by atoms with Gasteiger partial charge in [0.2, 0.25) is 0 Å². The molecule has 1 saturated heterocycles. The van der Waals surface area contributed by atoms with Crippen LogP contribution < -0.4 is 0 Å². The predicted octanol–water partition coefficient (Wildman–Crippen LogP) is 2.10. The molecule has 16 heavy (non-hydrogen) atoms. The van der Waals surface area contributed by atoms with Crippen LogP contribution in [0.15, 0.2) is 12.3 Å². The summed E-state index contributed by atoms with van der Waals surface area (Å²) >= 11 is 0. The number of carbonyl (C=O) groups is 1. The number of hydrogen-bond donors (Lipinski definition) is 1. The van der Waals surface area contributed by atoms with Crippen LogP contribution in [-0.2, 0) is 4.79 Å². The fourth-order valence-electron chi connectivity index (χ4n) is 3.12. The van der Waals surface area contributed by atoms with Crippen LogP contribution in [0.1, 0.15) is 47.5 Å². The highest BCUT2D eigenvalue weighted by Crippen LogP contribution is 2.40. The molecular weight excluding hydrogens is 202 g/mol. The lowest BCUT2D eigenvalue weighted by Gasteiger charge is -2.56. The molecule has 1 aliphatic rings. The first-order chi connectivity index (χ1) is 7.08. The summed E-state index contributed by atoms with van der Waals surface area (Å²) in [6.07, 6.45) is 1.03. The number of allylic oxidation sites excluding steroid dienone is 1. The SMILES string of the molecule is C=C(C(C)=O)N1C(C)(C)CC(O)CC1(C)C. The van der Waals surface area contributed by atoms with Crippen molar-refractivity contribution in [1.29, 1.82) is 0 Å². The molecule has 0 aliphatic carbocycles. The van der Waals surface area contributed by atoms with Gasteiger partial charge in [0.05, 0.1) is 11.8 Å². The molecule has 0 aromatic carbocycles. The summed E-state index contributed by atoms with van der Waals surface area (Å²) in [5.74, 6) is -0.00228. The number of nitrogens with zero attached hydrogens (tertiary/aromatic N) is 1. The number of hydrogen-bond acceptors (Lipinski definition) is 3. The maximum absolute atomic E-state index is 11.5. The molecule has 0 unspecified atom stereocenters. The first-order valence-electron chi connectivity index (χ1n) is 5.76. The minimum atomic E-state index is -0.305. The second-order valence-electron chi connectivity index (χ2n) is 6.03. The minimum Gasteiger partial charge on any atom is -0.393 e. The number of rotatable bonds is 2. The van der Waals surface area contributed by atoms with Gasteiger partial charge < -0.3 is 10.0 Å². The van der Waals surface area contributed by atoms with Crippen molar-refractivity contribution in [1.82, 2.24) is 4.90 Å². The zero-order chi connectivity index (χ0) is 12.7. The lowest BCUT2D eigenvalue weighted by molar-refractivity contribution is -0.120. The number of aliphatic hydroxyl groups excluding tert-OH is 1. The lowest BCUT2D eigenvalue weighted by atomic mass is 9.77. The van der Waals surface area contributed by atoms with E-state index < -0.39 is 0 Å². The van der Waals surface area contributed by atoms with Crippen molar-refractivity contribution >= 4 is 5.78 Å². The highest BCUT2D eigenvalue weighted by Gasteiger charge is 2.45. The highest BCUT2D eigenvalue weighted by molar-refractivity contribution is 5.92. The predicted molar refractivity (Wildman–Crippen MR) is 65.1 cm³/mol. The molecule has 0 aromatic rings. The van der Waals surface area contributed by atoms with E-state index in [1.807, 2.05) is 27.7 Å². The Hall–Kier alpha value is -0.830. The van der Waals surface area contributed by atoms with Crippen LogP contribution >= 0.6 is 0 Å². The van der Waals surface area contributed by atoms with E-state index in [2.05, 4.69) is 11.5 Å². The van der Waals surface area contributed by atoms with E-state index in [-0.39, 0.29) is 23.0 Å². The summed E-state index contributed by atoms with van der Waals surface area (Å²) in [6.45, 7) is 13.6. The zero-order valence-corrected chi connectivity index (χ0v) is 11.0. The van der Waals surface area contributed by atoms with Gasteiger partial charge >= 0.3 is 0 Å². The van der Waals surface area contributed by atoms with Crippen molar-refractivity contribution in [2.75, 3.05) is 0 Å². The molecule has 0 saturated carbocycles. The van der Waals surface area contributed by atoms with Gasteiger partial charge in [-0.3, -0.25) is 4.79 Å². The van der Waals surface area contributed by atoms with Gasteiger partial charge in [-0.05, 0) is 40.5 Å². The topological polar surface area (TPSA) is 40.5 Å². The van der Waals surface area contributed by atoms with Crippen LogP contribution in [0.5, 0.6) is 0 Å². The third-order valence-electron chi connectivity index (χ3n) is 3.36. The van der Waals surface area contributed by atoms with Crippen LogP contribution in [0.25, 0.3) is 0 Å². The highest BCUT2D eigenvalue weighted by atomic mass is 16.3. The fourth-order valence-corrected chi connectivity index (χ4v) is 3.12. The summed E-state index contributed by atoms with van der Waals surface area (Å²) in [5.41, 5.74) is 0.0790. The molecule has 1 heterocycles. The number of carbonyl (C=O) groups excluding carboxylic acids is 1. The van der Waals surface area contributed by atoms with Crippen molar-refractivity contribution in [3.05, 3.63) is 12.3 Å². The van der Waals surface area contributed by atoms with Crippen LogP contribution in [-0.4, -0.2) is 33.0 Å². The molecule has 1 rings (SSSR count). The number of piperidine rings is 1. The maximum Gasteiger partial charge on any atom is 0.175 e. The molecule has 0 aromatic heterocycles. The molecule has 0 atom stereocenters. The van der Waals surface area contributed by atoms with Gasteiger partial charge in [-0.15, -0.1) is 0 Å². The number of aliphatic hydroxyl groups is 1. The van der Waals surface area contributed by atoms with E-state index in [0.29, 0.717) is 18.5 Å². The summed E-state index contributed by atoms with van der Waals surface area (Å²) in [7, 11) is 0. The van der Waals surface area contributed by atoms with Gasteiger partial charge in [-0.2, -0.15) is 0 Å². The summed E-state index contributed by atoms with van der Waals surface area (Å²) < 4.78 is 0. The molecular formula is C13H23NO2. The molecule has 0 radical (unpaired) electrons. The lowest BCUT2D eigenvalue weighted by Crippen LogP contribution is -2.61. The van der Waals surface area contributed by atoms with Crippen molar-refractivity contribution in [3.8, 4) is 0 Å². The largest absolute Gasteiger partial charge is 0.393 e. The minimum absolute atomic E-state index is 0.00228. The average molecular weight is 225 g/mol. The Morgan fingerprint density at radius 1 is 1.25 bits per heavy atom. The average Bonchev–Trinajstić information content (AvgIpc) is 1.96. The van der Waals surface area contributed by atoms with Crippen LogP contribution in [0, 0.1) is 0 Å². The van der Waals surface area contributed by atoms with Gasteiger partial charge in [0, 0.05) is 18.0 Å². The molecule has 1 N–H and O–H groups in total. The molecule has 1 aliphatic heterocycles. The van der Waals surface area contributed by atoms with Crippen molar-refractivity contribution in [2.45, 2.75) is 64.6 Å². The maximum atomic E-state index is 11.5. The molecule has 0 spiro atoms. The van der Waals surface area contributed by atoms with Crippen molar-refractivity contribution < 1.29 is 9.90 Å². The Bertz CT molecular complexity index is 300. The Labute approximate surface area is 98.1 Å². The van der Waals surface area contributed by atoms with Gasteiger partial charge in [0.25, 0.3) is 0 Å². The third kappa shape index (κ3) is 2.29. The Morgan fingerprint density at radius 3 is 1.94 bits per heavy atom. The van der Waals surface area contributed by atoms with Crippen molar-refractivity contribution in [2.24, 2.45) is 0 Å². The van der Waals surface area contributed by atoms with Crippen molar-refractivity contribution in [3.63, 3.8) is 0 Å². The Kier molecular flexibility index (Phi) is 3.21. The first kappa shape index (κ1) is 13.2. The molecule has 1 fully saturated rings. The number of ketones is 1. The summed E-state index contributed by atoms with van der Waals surface area (Å²) in [6, 6.07) is 0. The fraction of sp³-hybridized carbons (Fsp3) is 0.769. The summed E-state index contributed by atoms with van der Waals surface area (Å²) in [4.78, 5) is 13.6. The second-order valence-corrected chi connectivity index (χ2v) is 6.03. The normalized spacial score (nSPS) is 24.2. The van der Waals surface area contributed by atoms with E-state index in [0.717, 1.165) is 0 Å². The van der Waals surface area contributed by atoms with E-state index >= 15 is 0 Å². The quantitative estimate of drug-likeness (QED) is 0.732. The van der Waals surface area contributed by atoms with E-state index in [1.165, 1.54) is 0 Å². The standard InChI is InChI=1S/C13H23NO2/c1-9(10(2)15)14-12(3,4)7-11(16)8-13(14,5)6/h11,16H,1,7-8H2,2-6H3. The second kappa shape index (κ2) is 3.88. The van der Waals surface area contributed by atoms with Crippen LogP contribution in [0.3, 0.4) is 0 Å². The van der Waals surface area contributed by atoms with E-state index in [1.54, 1.807) is 6.92 Å². The van der Waals surface area contributed by atoms with Crippen LogP contribution in [0.4, 0.5) is 0 Å². The molecule has 3 nitrogen and oxygen atoms in total.